The number of benzene rings is 1. The number of fused-ring (bicyclic) bond motifs is 1. The van der Waals surface area contributed by atoms with Crippen LogP contribution >= 0.6 is 0 Å². The normalized spacial score (nSPS) is 22.6. The van der Waals surface area contributed by atoms with Crippen molar-refractivity contribution in [1.29, 1.82) is 0 Å². The first-order chi connectivity index (χ1) is 9.80. The summed E-state index contributed by atoms with van der Waals surface area (Å²) in [6, 6.07) is 4.96. The fraction of sp³-hybridized carbons (Fsp3) is 0.625. The van der Waals surface area contributed by atoms with Crippen LogP contribution in [0.2, 0.25) is 0 Å². The van der Waals surface area contributed by atoms with Gasteiger partial charge in [0, 0.05) is 25.7 Å². The molecule has 4 heteroatoms. The highest BCUT2D eigenvalue weighted by atomic mass is 16.5. The zero-order valence-electron chi connectivity index (χ0n) is 12.4. The van der Waals surface area contributed by atoms with Gasteiger partial charge in [0.05, 0.1) is 14.2 Å². The zero-order valence-corrected chi connectivity index (χ0v) is 12.4. The second kappa shape index (κ2) is 6.02. The van der Waals surface area contributed by atoms with Crippen molar-refractivity contribution < 1.29 is 9.47 Å². The summed E-state index contributed by atoms with van der Waals surface area (Å²) in [5.74, 6) is 1.68. The van der Waals surface area contributed by atoms with Gasteiger partial charge in [0.15, 0.2) is 11.5 Å². The van der Waals surface area contributed by atoms with Gasteiger partial charge in [-0.25, -0.2) is 0 Å². The lowest BCUT2D eigenvalue weighted by molar-refractivity contribution is 0.230. The maximum Gasteiger partial charge on any atom is 0.161 e. The molecule has 110 valence electrons. The molecule has 0 amide bonds. The van der Waals surface area contributed by atoms with Crippen molar-refractivity contribution in [3.05, 3.63) is 23.3 Å². The SMILES string of the molecule is COc1cc2c(cc1OC)CN(C[C@@H]1CCCN1)CC2. The first kappa shape index (κ1) is 13.7. The lowest BCUT2D eigenvalue weighted by Gasteiger charge is -2.31. The van der Waals surface area contributed by atoms with E-state index in [1.54, 1.807) is 14.2 Å². The van der Waals surface area contributed by atoms with E-state index in [0.717, 1.165) is 37.6 Å². The van der Waals surface area contributed by atoms with Crippen LogP contribution in [0.15, 0.2) is 12.1 Å². The van der Waals surface area contributed by atoms with Crippen molar-refractivity contribution in [3.8, 4) is 11.5 Å². The molecule has 4 nitrogen and oxygen atoms in total. The molecule has 2 heterocycles. The number of hydrogen-bond donors (Lipinski definition) is 1. The van der Waals surface area contributed by atoms with Crippen LogP contribution in [0, 0.1) is 0 Å². The maximum atomic E-state index is 5.42. The number of ether oxygens (including phenoxy) is 2. The van der Waals surface area contributed by atoms with E-state index in [-0.39, 0.29) is 0 Å². The molecule has 0 aromatic heterocycles. The molecule has 0 radical (unpaired) electrons. The number of rotatable bonds is 4. The Morgan fingerprint density at radius 3 is 2.60 bits per heavy atom. The summed E-state index contributed by atoms with van der Waals surface area (Å²) < 4.78 is 10.8. The molecule has 1 aromatic rings. The van der Waals surface area contributed by atoms with E-state index in [1.807, 2.05) is 0 Å². The Kier molecular flexibility index (Phi) is 4.13. The van der Waals surface area contributed by atoms with E-state index in [2.05, 4.69) is 22.3 Å². The molecular weight excluding hydrogens is 252 g/mol. The first-order valence-electron chi connectivity index (χ1n) is 7.49. The second-order valence-electron chi connectivity index (χ2n) is 5.75. The highest BCUT2D eigenvalue weighted by Crippen LogP contribution is 2.33. The van der Waals surface area contributed by atoms with Crippen LogP contribution in [0.1, 0.15) is 24.0 Å². The maximum absolute atomic E-state index is 5.42. The molecule has 3 rings (SSSR count). The van der Waals surface area contributed by atoms with Crippen LogP contribution < -0.4 is 14.8 Å². The molecule has 1 atom stereocenters. The third kappa shape index (κ3) is 2.76. The quantitative estimate of drug-likeness (QED) is 0.909. The topological polar surface area (TPSA) is 33.7 Å². The van der Waals surface area contributed by atoms with Crippen molar-refractivity contribution >= 4 is 0 Å². The summed E-state index contributed by atoms with van der Waals surface area (Å²) in [6.07, 6.45) is 3.73. The lowest BCUT2D eigenvalue weighted by Crippen LogP contribution is -2.40. The molecule has 1 fully saturated rings. The summed E-state index contributed by atoms with van der Waals surface area (Å²) in [5.41, 5.74) is 2.78. The number of methoxy groups -OCH3 is 2. The average Bonchev–Trinajstić information content (AvgIpc) is 2.98. The number of hydrogen-bond acceptors (Lipinski definition) is 4. The van der Waals surface area contributed by atoms with Gasteiger partial charge in [-0.3, -0.25) is 4.90 Å². The number of nitrogens with zero attached hydrogens (tertiary/aromatic N) is 1. The molecular formula is C16H24N2O2. The number of nitrogens with one attached hydrogen (secondary N) is 1. The smallest absolute Gasteiger partial charge is 0.161 e. The average molecular weight is 276 g/mol. The molecule has 0 unspecified atom stereocenters. The van der Waals surface area contributed by atoms with Gasteiger partial charge >= 0.3 is 0 Å². The Labute approximate surface area is 121 Å². The van der Waals surface area contributed by atoms with Crippen molar-refractivity contribution in [1.82, 2.24) is 10.2 Å². The minimum absolute atomic E-state index is 0.677. The monoisotopic (exact) mass is 276 g/mol. The molecule has 2 aliphatic rings. The Morgan fingerprint density at radius 1 is 1.20 bits per heavy atom. The van der Waals surface area contributed by atoms with E-state index in [0.29, 0.717) is 6.04 Å². The highest BCUT2D eigenvalue weighted by molar-refractivity contribution is 5.48. The van der Waals surface area contributed by atoms with Gasteiger partial charge in [0.25, 0.3) is 0 Å². The highest BCUT2D eigenvalue weighted by Gasteiger charge is 2.23. The van der Waals surface area contributed by atoms with Crippen molar-refractivity contribution in [2.45, 2.75) is 31.8 Å². The van der Waals surface area contributed by atoms with E-state index in [9.17, 15) is 0 Å². The van der Waals surface area contributed by atoms with Crippen molar-refractivity contribution in [2.75, 3.05) is 33.9 Å². The predicted octanol–water partition coefficient (Wildman–Crippen LogP) is 1.81. The molecule has 0 aliphatic carbocycles. The summed E-state index contributed by atoms with van der Waals surface area (Å²) in [7, 11) is 3.40. The van der Waals surface area contributed by atoms with Gasteiger partial charge in [-0.15, -0.1) is 0 Å². The summed E-state index contributed by atoms with van der Waals surface area (Å²) >= 11 is 0. The van der Waals surface area contributed by atoms with E-state index >= 15 is 0 Å². The predicted molar refractivity (Wildman–Crippen MR) is 79.6 cm³/mol. The van der Waals surface area contributed by atoms with Crippen LogP contribution in [-0.4, -0.2) is 44.8 Å². The van der Waals surface area contributed by atoms with Gasteiger partial charge < -0.3 is 14.8 Å². The van der Waals surface area contributed by atoms with Crippen LogP contribution in [0.4, 0.5) is 0 Å². The lowest BCUT2D eigenvalue weighted by atomic mass is 9.98. The first-order valence-corrected chi connectivity index (χ1v) is 7.49. The van der Waals surface area contributed by atoms with E-state index < -0.39 is 0 Å². The van der Waals surface area contributed by atoms with E-state index in [4.69, 9.17) is 9.47 Å². The van der Waals surface area contributed by atoms with Gasteiger partial charge in [-0.2, -0.15) is 0 Å². The standard InChI is InChI=1S/C16H24N2O2/c1-19-15-8-12-5-7-18(11-14-4-3-6-17-14)10-13(12)9-16(15)20-2/h8-9,14,17H,3-7,10-11H2,1-2H3/t14-/m0/s1. The molecule has 0 saturated carbocycles. The molecule has 1 N–H and O–H groups in total. The zero-order chi connectivity index (χ0) is 13.9. The third-order valence-corrected chi connectivity index (χ3v) is 4.44. The molecule has 2 aliphatic heterocycles. The Bertz CT molecular complexity index is 470. The third-order valence-electron chi connectivity index (χ3n) is 4.44. The molecule has 0 bridgehead atoms. The fourth-order valence-electron chi connectivity index (χ4n) is 3.32. The Hall–Kier alpha value is -1.26. The van der Waals surface area contributed by atoms with Gasteiger partial charge in [0.1, 0.15) is 0 Å². The molecule has 0 spiro atoms. The van der Waals surface area contributed by atoms with Gasteiger partial charge in [-0.1, -0.05) is 0 Å². The second-order valence-corrected chi connectivity index (χ2v) is 5.75. The summed E-state index contributed by atoms with van der Waals surface area (Å²) in [5, 5.41) is 3.58. The van der Waals surface area contributed by atoms with Crippen LogP contribution in [0.5, 0.6) is 11.5 Å². The Morgan fingerprint density at radius 2 is 1.95 bits per heavy atom. The molecule has 20 heavy (non-hydrogen) atoms. The largest absolute Gasteiger partial charge is 0.493 e. The minimum atomic E-state index is 0.677. The van der Waals surface area contributed by atoms with Gasteiger partial charge in [-0.05, 0) is 49.1 Å². The summed E-state index contributed by atoms with van der Waals surface area (Å²) in [6.45, 7) is 4.50. The molecule has 1 saturated heterocycles. The van der Waals surface area contributed by atoms with Crippen molar-refractivity contribution in [3.63, 3.8) is 0 Å². The summed E-state index contributed by atoms with van der Waals surface area (Å²) in [4.78, 5) is 2.55. The van der Waals surface area contributed by atoms with E-state index in [1.165, 1.54) is 30.5 Å². The van der Waals surface area contributed by atoms with Gasteiger partial charge in [0.2, 0.25) is 0 Å². The molecule has 1 aromatic carbocycles. The Balaban J connectivity index is 1.73. The van der Waals surface area contributed by atoms with Crippen molar-refractivity contribution in [2.24, 2.45) is 0 Å². The van der Waals surface area contributed by atoms with Crippen LogP contribution in [-0.2, 0) is 13.0 Å². The fourth-order valence-corrected chi connectivity index (χ4v) is 3.32. The van der Waals surface area contributed by atoms with Crippen LogP contribution in [0.3, 0.4) is 0 Å². The minimum Gasteiger partial charge on any atom is -0.493 e. The van der Waals surface area contributed by atoms with Crippen LogP contribution in [0.25, 0.3) is 0 Å².